The monoisotopic (exact) mass is 528 g/mol. The molecular formula is C29H31F7O. The largest absolute Gasteiger partial charge is 0.432 e. The summed E-state index contributed by atoms with van der Waals surface area (Å²) in [5, 5.41) is 0. The Morgan fingerprint density at radius 1 is 0.730 bits per heavy atom. The van der Waals surface area contributed by atoms with Crippen LogP contribution in [0, 0.1) is 36.3 Å². The van der Waals surface area contributed by atoms with E-state index >= 15 is 0 Å². The fourth-order valence-electron chi connectivity index (χ4n) is 5.58. The van der Waals surface area contributed by atoms with Gasteiger partial charge in [-0.05, 0) is 105 Å². The molecule has 0 unspecified atom stereocenters. The van der Waals surface area contributed by atoms with Crippen LogP contribution >= 0.6 is 0 Å². The SMILES string of the molecule is Cc1ccc(C2CCC(/C=C/C3CCC(C(F)(F)Oc4ccc(C(F)(F)F)c(F)c4)CC3)CC2)c(F)c1. The normalized spacial score (nSPS) is 25.4. The summed E-state index contributed by atoms with van der Waals surface area (Å²) in [7, 11) is 0. The van der Waals surface area contributed by atoms with Crippen molar-refractivity contribution in [1.82, 2.24) is 0 Å². The molecule has 37 heavy (non-hydrogen) atoms. The lowest BCUT2D eigenvalue weighted by Crippen LogP contribution is -2.37. The molecule has 4 rings (SSSR count). The quantitative estimate of drug-likeness (QED) is 0.268. The topological polar surface area (TPSA) is 9.23 Å². The molecule has 0 N–H and O–H groups in total. The molecule has 2 aromatic rings. The van der Waals surface area contributed by atoms with E-state index in [-0.39, 0.29) is 30.5 Å². The van der Waals surface area contributed by atoms with Gasteiger partial charge in [0.15, 0.2) is 0 Å². The average molecular weight is 529 g/mol. The second-order valence-electron chi connectivity index (χ2n) is 10.4. The van der Waals surface area contributed by atoms with Crippen molar-refractivity contribution in [2.45, 2.75) is 76.5 Å². The molecule has 2 aromatic carbocycles. The van der Waals surface area contributed by atoms with E-state index in [0.29, 0.717) is 30.9 Å². The van der Waals surface area contributed by atoms with Crippen molar-refractivity contribution in [3.05, 3.63) is 76.9 Å². The minimum absolute atomic E-state index is 0.139. The molecule has 0 amide bonds. The minimum atomic E-state index is -4.91. The van der Waals surface area contributed by atoms with Crippen LogP contribution in [-0.2, 0) is 6.18 Å². The zero-order valence-electron chi connectivity index (χ0n) is 20.6. The van der Waals surface area contributed by atoms with Crippen LogP contribution in [0.1, 0.15) is 74.0 Å². The molecule has 0 bridgehead atoms. The van der Waals surface area contributed by atoms with Gasteiger partial charge >= 0.3 is 12.3 Å². The third-order valence-electron chi connectivity index (χ3n) is 7.77. The van der Waals surface area contributed by atoms with E-state index in [2.05, 4.69) is 16.9 Å². The van der Waals surface area contributed by atoms with Crippen LogP contribution in [0.4, 0.5) is 30.7 Å². The van der Waals surface area contributed by atoms with Gasteiger partial charge in [0.25, 0.3) is 0 Å². The van der Waals surface area contributed by atoms with Crippen molar-refractivity contribution in [2.75, 3.05) is 0 Å². The lowest BCUT2D eigenvalue weighted by Gasteiger charge is -2.33. The molecule has 0 aromatic heterocycles. The summed E-state index contributed by atoms with van der Waals surface area (Å²) < 4.78 is 100. The molecule has 0 atom stereocenters. The fourth-order valence-corrected chi connectivity index (χ4v) is 5.58. The average Bonchev–Trinajstić information content (AvgIpc) is 2.82. The van der Waals surface area contributed by atoms with E-state index in [0.717, 1.165) is 42.9 Å². The molecule has 2 fully saturated rings. The van der Waals surface area contributed by atoms with E-state index in [4.69, 9.17) is 0 Å². The van der Waals surface area contributed by atoms with Crippen molar-refractivity contribution in [1.29, 1.82) is 0 Å². The summed E-state index contributed by atoms with van der Waals surface area (Å²) in [5.41, 5.74) is 0.171. The number of hydrogen-bond donors (Lipinski definition) is 0. The van der Waals surface area contributed by atoms with Crippen LogP contribution in [0.25, 0.3) is 0 Å². The van der Waals surface area contributed by atoms with Crippen molar-refractivity contribution < 1.29 is 35.5 Å². The summed E-state index contributed by atoms with van der Waals surface area (Å²) in [6.07, 6.45) is 1.00. The highest BCUT2D eigenvalue weighted by atomic mass is 19.4. The Morgan fingerprint density at radius 2 is 1.32 bits per heavy atom. The van der Waals surface area contributed by atoms with Crippen molar-refractivity contribution in [2.24, 2.45) is 17.8 Å². The molecular weight excluding hydrogens is 497 g/mol. The van der Waals surface area contributed by atoms with Gasteiger partial charge in [0.1, 0.15) is 17.4 Å². The molecule has 0 aliphatic heterocycles. The number of hydrogen-bond acceptors (Lipinski definition) is 1. The maximum atomic E-state index is 14.7. The van der Waals surface area contributed by atoms with E-state index in [9.17, 15) is 30.7 Å². The predicted molar refractivity (Wildman–Crippen MR) is 127 cm³/mol. The van der Waals surface area contributed by atoms with Gasteiger partial charge in [0, 0.05) is 6.07 Å². The van der Waals surface area contributed by atoms with Gasteiger partial charge in [0.2, 0.25) is 0 Å². The Hall–Kier alpha value is -2.51. The highest BCUT2D eigenvalue weighted by Gasteiger charge is 2.44. The van der Waals surface area contributed by atoms with E-state index in [1.807, 2.05) is 19.1 Å². The van der Waals surface area contributed by atoms with Gasteiger partial charge in [-0.25, -0.2) is 8.78 Å². The minimum Gasteiger partial charge on any atom is -0.432 e. The van der Waals surface area contributed by atoms with E-state index in [1.54, 1.807) is 6.07 Å². The van der Waals surface area contributed by atoms with Crippen LogP contribution < -0.4 is 4.74 Å². The first-order valence-corrected chi connectivity index (χ1v) is 12.8. The summed E-state index contributed by atoms with van der Waals surface area (Å²) >= 11 is 0. The number of ether oxygens (including phenoxy) is 1. The highest BCUT2D eigenvalue weighted by Crippen LogP contribution is 2.42. The molecule has 2 aliphatic carbocycles. The van der Waals surface area contributed by atoms with Crippen LogP contribution in [0.3, 0.4) is 0 Å². The Labute approximate surface area is 212 Å². The smallest absolute Gasteiger partial charge is 0.419 e. The number of rotatable bonds is 6. The number of benzene rings is 2. The number of aryl methyl sites for hydroxylation is 1. The number of alkyl halides is 5. The zero-order valence-corrected chi connectivity index (χ0v) is 20.6. The van der Waals surface area contributed by atoms with Gasteiger partial charge in [0.05, 0.1) is 11.5 Å². The Kier molecular flexibility index (Phi) is 8.24. The molecule has 2 aliphatic rings. The fraction of sp³-hybridized carbons (Fsp3) is 0.517. The number of halogens is 7. The van der Waals surface area contributed by atoms with Crippen LogP contribution in [0.2, 0.25) is 0 Å². The lowest BCUT2D eigenvalue weighted by molar-refractivity contribution is -0.223. The first-order valence-electron chi connectivity index (χ1n) is 12.8. The first kappa shape index (κ1) is 27.5. The van der Waals surface area contributed by atoms with Gasteiger partial charge in [-0.1, -0.05) is 24.3 Å². The highest BCUT2D eigenvalue weighted by molar-refractivity contribution is 5.31. The van der Waals surface area contributed by atoms with E-state index < -0.39 is 35.3 Å². The summed E-state index contributed by atoms with van der Waals surface area (Å²) in [5.74, 6) is -2.72. The van der Waals surface area contributed by atoms with E-state index in [1.165, 1.54) is 0 Å². The molecule has 1 nitrogen and oxygen atoms in total. The number of allylic oxidation sites excluding steroid dienone is 2. The maximum Gasteiger partial charge on any atom is 0.419 e. The van der Waals surface area contributed by atoms with Crippen molar-refractivity contribution in [3.8, 4) is 5.75 Å². The van der Waals surface area contributed by atoms with Crippen LogP contribution in [-0.4, -0.2) is 6.11 Å². The molecule has 2 saturated carbocycles. The molecule has 0 heterocycles. The molecule has 0 saturated heterocycles. The second kappa shape index (κ2) is 11.1. The van der Waals surface area contributed by atoms with Gasteiger partial charge in [-0.3, -0.25) is 0 Å². The molecule has 8 heteroatoms. The Morgan fingerprint density at radius 3 is 1.86 bits per heavy atom. The van der Waals surface area contributed by atoms with Crippen LogP contribution in [0.5, 0.6) is 5.75 Å². The molecule has 0 spiro atoms. The van der Waals surface area contributed by atoms with Gasteiger partial charge in [-0.2, -0.15) is 22.0 Å². The standard InChI is InChI=1S/C29H31F7O/c1-18-2-14-24(26(30)16-18)21-9-5-19(6-10-21)3-4-20-7-11-22(12-8-20)29(35,36)37-23-13-15-25(27(31)17-23)28(32,33)34/h2-4,13-17,19-22H,5-12H2,1H3/b4-3+. The molecule has 202 valence electrons. The lowest BCUT2D eigenvalue weighted by atomic mass is 9.77. The maximum absolute atomic E-state index is 14.7. The summed E-state index contributed by atoms with van der Waals surface area (Å²) in [4.78, 5) is 0. The van der Waals surface area contributed by atoms with Gasteiger partial charge < -0.3 is 4.74 Å². The van der Waals surface area contributed by atoms with Crippen LogP contribution in [0.15, 0.2) is 48.6 Å². The summed E-state index contributed by atoms with van der Waals surface area (Å²) in [6, 6.07) is 6.89. The third-order valence-corrected chi connectivity index (χ3v) is 7.77. The summed E-state index contributed by atoms with van der Waals surface area (Å²) in [6.45, 7) is 1.87. The Balaban J connectivity index is 1.25. The van der Waals surface area contributed by atoms with Gasteiger partial charge in [-0.15, -0.1) is 0 Å². The second-order valence-corrected chi connectivity index (χ2v) is 10.4. The predicted octanol–water partition coefficient (Wildman–Crippen LogP) is 9.60. The molecule has 0 radical (unpaired) electrons. The third kappa shape index (κ3) is 6.88. The van der Waals surface area contributed by atoms with Crippen molar-refractivity contribution >= 4 is 0 Å². The van der Waals surface area contributed by atoms with Crippen molar-refractivity contribution in [3.63, 3.8) is 0 Å². The Bertz CT molecular complexity index is 1090. The first-order chi connectivity index (χ1) is 17.4. The zero-order chi connectivity index (χ0) is 26.8.